The lowest BCUT2D eigenvalue weighted by molar-refractivity contribution is 0.0728. The van der Waals surface area contributed by atoms with Crippen LogP contribution >= 0.6 is 0 Å². The van der Waals surface area contributed by atoms with Crippen LogP contribution in [0.25, 0.3) is 0 Å². The molecule has 2 aliphatic heterocycles. The highest BCUT2D eigenvalue weighted by molar-refractivity contribution is 5.95. The number of aryl methyl sites for hydroxylation is 1. The number of hydrogen-bond acceptors (Lipinski definition) is 4. The van der Waals surface area contributed by atoms with Crippen LogP contribution in [-0.4, -0.2) is 32.1 Å². The zero-order valence-electron chi connectivity index (χ0n) is 12.6. The predicted molar refractivity (Wildman–Crippen MR) is 81.0 cm³/mol. The first-order chi connectivity index (χ1) is 10.7. The highest BCUT2D eigenvalue weighted by atomic mass is 16.2. The molecule has 1 fully saturated rings. The Morgan fingerprint density at radius 2 is 2.18 bits per heavy atom. The van der Waals surface area contributed by atoms with Crippen molar-refractivity contribution < 1.29 is 4.79 Å². The van der Waals surface area contributed by atoms with Crippen LogP contribution in [0.2, 0.25) is 0 Å². The van der Waals surface area contributed by atoms with Crippen molar-refractivity contribution in [3.63, 3.8) is 0 Å². The molecule has 0 spiro atoms. The molecule has 1 N–H and O–H groups in total. The zero-order chi connectivity index (χ0) is 15.1. The first-order valence-corrected chi connectivity index (χ1v) is 7.71. The van der Waals surface area contributed by atoms with Crippen LogP contribution in [0.3, 0.4) is 0 Å². The Morgan fingerprint density at radius 3 is 3.00 bits per heavy atom. The topological polar surface area (TPSA) is 63.1 Å². The van der Waals surface area contributed by atoms with Gasteiger partial charge in [-0.05, 0) is 36.1 Å². The molecule has 3 heterocycles. The molecule has 0 bridgehead atoms. The minimum atomic E-state index is 0.0337. The monoisotopic (exact) mass is 297 g/mol. The van der Waals surface area contributed by atoms with Gasteiger partial charge >= 0.3 is 0 Å². The Balaban J connectivity index is 1.63. The number of aromatic nitrogens is 3. The lowest BCUT2D eigenvalue weighted by atomic mass is 10.1. The molecule has 1 unspecified atom stereocenters. The van der Waals surface area contributed by atoms with Crippen LogP contribution in [0.5, 0.6) is 0 Å². The smallest absolute Gasteiger partial charge is 0.254 e. The molecule has 1 saturated heterocycles. The maximum atomic E-state index is 12.9. The summed E-state index contributed by atoms with van der Waals surface area (Å²) in [5.41, 5.74) is 3.31. The first kappa shape index (κ1) is 13.5. The second-order valence-electron chi connectivity index (χ2n) is 6.04. The quantitative estimate of drug-likeness (QED) is 0.910. The second-order valence-corrected chi connectivity index (χ2v) is 6.04. The Kier molecular flexibility index (Phi) is 3.18. The van der Waals surface area contributed by atoms with E-state index in [1.807, 2.05) is 28.6 Å². The van der Waals surface area contributed by atoms with Crippen molar-refractivity contribution in [2.24, 2.45) is 7.05 Å². The average molecular weight is 297 g/mol. The summed E-state index contributed by atoms with van der Waals surface area (Å²) >= 11 is 0. The number of fused-ring (bicyclic) bond motifs is 1. The highest BCUT2D eigenvalue weighted by Crippen LogP contribution is 2.32. The van der Waals surface area contributed by atoms with Gasteiger partial charge in [-0.3, -0.25) is 4.79 Å². The van der Waals surface area contributed by atoms with Gasteiger partial charge in [0, 0.05) is 32.2 Å². The molecule has 114 valence electrons. The van der Waals surface area contributed by atoms with Gasteiger partial charge in [0.25, 0.3) is 5.91 Å². The number of hydrogen-bond donors (Lipinski definition) is 1. The fourth-order valence-corrected chi connectivity index (χ4v) is 3.47. The Morgan fingerprint density at radius 1 is 1.32 bits per heavy atom. The van der Waals surface area contributed by atoms with E-state index in [2.05, 4.69) is 21.6 Å². The van der Waals surface area contributed by atoms with Crippen LogP contribution in [0, 0.1) is 0 Å². The van der Waals surface area contributed by atoms with Gasteiger partial charge in [-0.2, -0.15) is 0 Å². The van der Waals surface area contributed by atoms with E-state index in [0.717, 1.165) is 43.9 Å². The standard InChI is InChI=1S/C16H19N5O/c1-20-10-18-19-15(20)14-3-2-6-21(14)16(22)11-4-5-12-8-17-9-13(12)7-11/h4-5,7,10,14,17H,2-3,6,8-9H2,1H3. The molecule has 1 atom stereocenters. The summed E-state index contributed by atoms with van der Waals surface area (Å²) in [5, 5.41) is 11.5. The number of carbonyl (C=O) groups excluding carboxylic acids is 1. The summed E-state index contributed by atoms with van der Waals surface area (Å²) < 4.78 is 1.91. The van der Waals surface area contributed by atoms with Crippen molar-refractivity contribution in [1.82, 2.24) is 25.0 Å². The Hall–Kier alpha value is -2.21. The average Bonchev–Trinajstić information content (AvgIpc) is 3.25. The predicted octanol–water partition coefficient (Wildman–Crippen LogP) is 1.40. The van der Waals surface area contributed by atoms with E-state index in [1.165, 1.54) is 11.1 Å². The molecule has 1 amide bonds. The third kappa shape index (κ3) is 2.11. The molecule has 2 aromatic rings. The molecular weight excluding hydrogens is 278 g/mol. The van der Waals surface area contributed by atoms with Gasteiger partial charge in [-0.1, -0.05) is 6.07 Å². The summed E-state index contributed by atoms with van der Waals surface area (Å²) in [4.78, 5) is 14.9. The van der Waals surface area contributed by atoms with Gasteiger partial charge < -0.3 is 14.8 Å². The lowest BCUT2D eigenvalue weighted by Gasteiger charge is -2.24. The Labute approximate surface area is 129 Å². The van der Waals surface area contributed by atoms with Crippen LogP contribution in [-0.2, 0) is 20.1 Å². The molecular formula is C16H19N5O. The van der Waals surface area contributed by atoms with E-state index in [1.54, 1.807) is 6.33 Å². The van der Waals surface area contributed by atoms with Crippen molar-refractivity contribution in [2.75, 3.05) is 6.54 Å². The number of nitrogens with zero attached hydrogens (tertiary/aromatic N) is 4. The molecule has 1 aromatic carbocycles. The fourth-order valence-electron chi connectivity index (χ4n) is 3.47. The van der Waals surface area contributed by atoms with E-state index in [9.17, 15) is 4.79 Å². The summed E-state index contributed by atoms with van der Waals surface area (Å²) in [6.45, 7) is 2.53. The molecule has 0 radical (unpaired) electrons. The molecule has 0 aliphatic carbocycles. The van der Waals surface area contributed by atoms with Crippen molar-refractivity contribution in [1.29, 1.82) is 0 Å². The summed E-state index contributed by atoms with van der Waals surface area (Å²) in [7, 11) is 1.93. The lowest BCUT2D eigenvalue weighted by Crippen LogP contribution is -2.32. The molecule has 22 heavy (non-hydrogen) atoms. The SMILES string of the molecule is Cn1cnnc1C1CCCN1C(=O)c1ccc2c(c1)CNC2. The van der Waals surface area contributed by atoms with Crippen LogP contribution < -0.4 is 5.32 Å². The van der Waals surface area contributed by atoms with Crippen molar-refractivity contribution in [3.05, 3.63) is 47.0 Å². The Bertz CT molecular complexity index is 723. The van der Waals surface area contributed by atoms with Crippen molar-refractivity contribution >= 4 is 5.91 Å². The van der Waals surface area contributed by atoms with E-state index in [-0.39, 0.29) is 11.9 Å². The maximum absolute atomic E-state index is 12.9. The van der Waals surface area contributed by atoms with Crippen molar-refractivity contribution in [3.8, 4) is 0 Å². The largest absolute Gasteiger partial charge is 0.328 e. The molecule has 0 saturated carbocycles. The zero-order valence-corrected chi connectivity index (χ0v) is 12.6. The fraction of sp³-hybridized carbons (Fsp3) is 0.438. The molecule has 1 aromatic heterocycles. The van der Waals surface area contributed by atoms with E-state index in [0.29, 0.717) is 0 Å². The molecule has 4 rings (SSSR count). The minimum Gasteiger partial charge on any atom is -0.328 e. The summed E-state index contributed by atoms with van der Waals surface area (Å²) in [5.74, 6) is 0.967. The van der Waals surface area contributed by atoms with Crippen LogP contribution in [0.1, 0.15) is 46.2 Å². The number of carbonyl (C=O) groups is 1. The van der Waals surface area contributed by atoms with Gasteiger partial charge in [-0.25, -0.2) is 0 Å². The van der Waals surface area contributed by atoms with Gasteiger partial charge in [0.1, 0.15) is 6.33 Å². The second kappa shape index (κ2) is 5.21. The number of rotatable bonds is 2. The maximum Gasteiger partial charge on any atom is 0.254 e. The molecule has 6 nitrogen and oxygen atoms in total. The molecule has 2 aliphatic rings. The van der Waals surface area contributed by atoms with Crippen LogP contribution in [0.15, 0.2) is 24.5 Å². The summed E-state index contributed by atoms with van der Waals surface area (Å²) in [6.07, 6.45) is 3.65. The number of likely N-dealkylation sites (tertiary alicyclic amines) is 1. The third-order valence-electron chi connectivity index (χ3n) is 4.64. The highest BCUT2D eigenvalue weighted by Gasteiger charge is 2.33. The third-order valence-corrected chi connectivity index (χ3v) is 4.64. The number of nitrogens with one attached hydrogen (secondary N) is 1. The van der Waals surface area contributed by atoms with Gasteiger partial charge in [0.2, 0.25) is 0 Å². The van der Waals surface area contributed by atoms with Gasteiger partial charge in [-0.15, -0.1) is 10.2 Å². The van der Waals surface area contributed by atoms with Crippen LogP contribution in [0.4, 0.5) is 0 Å². The van der Waals surface area contributed by atoms with Gasteiger partial charge in [0.05, 0.1) is 6.04 Å². The summed E-state index contributed by atoms with van der Waals surface area (Å²) in [6, 6.07) is 6.08. The molecule has 6 heteroatoms. The van der Waals surface area contributed by atoms with E-state index < -0.39 is 0 Å². The van der Waals surface area contributed by atoms with E-state index in [4.69, 9.17) is 0 Å². The van der Waals surface area contributed by atoms with E-state index >= 15 is 0 Å². The minimum absolute atomic E-state index is 0.0337. The van der Waals surface area contributed by atoms with Gasteiger partial charge in [0.15, 0.2) is 5.82 Å². The number of benzene rings is 1. The van der Waals surface area contributed by atoms with Crippen molar-refractivity contribution in [2.45, 2.75) is 32.0 Å². The first-order valence-electron chi connectivity index (χ1n) is 7.71. The number of amides is 1. The normalized spacial score (nSPS) is 20.4.